The van der Waals surface area contributed by atoms with Gasteiger partial charge in [0.15, 0.2) is 0 Å². The molecule has 2 rings (SSSR count). The molecule has 5 nitrogen and oxygen atoms in total. The second kappa shape index (κ2) is 8.24. The van der Waals surface area contributed by atoms with Crippen molar-refractivity contribution in [1.29, 1.82) is 0 Å². The molecule has 0 bridgehead atoms. The van der Waals surface area contributed by atoms with Crippen molar-refractivity contribution in [2.24, 2.45) is 5.92 Å². The summed E-state index contributed by atoms with van der Waals surface area (Å²) in [5, 5.41) is 5.38. The van der Waals surface area contributed by atoms with Crippen LogP contribution in [0.1, 0.15) is 31.1 Å². The van der Waals surface area contributed by atoms with Crippen LogP contribution in [-0.4, -0.2) is 38.9 Å². The maximum Gasteiger partial charge on any atom is 0.279 e. The molecule has 21 heavy (non-hydrogen) atoms. The lowest BCUT2D eigenvalue weighted by molar-refractivity contribution is 0.265. The van der Waals surface area contributed by atoms with E-state index >= 15 is 0 Å². The highest BCUT2D eigenvalue weighted by Crippen LogP contribution is 2.19. The number of thiophene rings is 1. The zero-order valence-corrected chi connectivity index (χ0v) is 14.2. The first-order chi connectivity index (χ1) is 10.1. The molecule has 0 radical (unpaired) electrons. The van der Waals surface area contributed by atoms with Gasteiger partial charge in [0, 0.05) is 24.5 Å². The second-order valence-electron chi connectivity index (χ2n) is 5.45. The Kier molecular flexibility index (Phi) is 6.63. The van der Waals surface area contributed by atoms with Crippen molar-refractivity contribution >= 4 is 21.5 Å². The summed E-state index contributed by atoms with van der Waals surface area (Å²) in [7, 11) is -3.34. The molecule has 0 aliphatic carbocycles. The SMILES string of the molecule is CCCNCC1CCN(S(=O)(=O)NCc2cccs2)CC1. The molecule has 1 saturated heterocycles. The Bertz CT molecular complexity index is 494. The minimum Gasteiger partial charge on any atom is -0.316 e. The number of hydrogen-bond acceptors (Lipinski definition) is 4. The van der Waals surface area contributed by atoms with Crippen LogP contribution in [0.2, 0.25) is 0 Å². The molecule has 0 spiro atoms. The molecule has 1 aliphatic rings. The van der Waals surface area contributed by atoms with E-state index in [0.717, 1.165) is 37.2 Å². The van der Waals surface area contributed by atoms with E-state index in [4.69, 9.17) is 0 Å². The third-order valence-corrected chi connectivity index (χ3v) is 6.21. The molecule has 0 amide bonds. The predicted octanol–water partition coefficient (Wildman–Crippen LogP) is 1.79. The minimum absolute atomic E-state index is 0.387. The average molecular weight is 332 g/mol. The second-order valence-corrected chi connectivity index (χ2v) is 8.24. The van der Waals surface area contributed by atoms with Crippen molar-refractivity contribution in [1.82, 2.24) is 14.3 Å². The van der Waals surface area contributed by atoms with Gasteiger partial charge in [-0.05, 0) is 49.7 Å². The van der Waals surface area contributed by atoms with E-state index in [9.17, 15) is 8.42 Å². The van der Waals surface area contributed by atoms with E-state index < -0.39 is 10.2 Å². The molecule has 2 N–H and O–H groups in total. The normalized spacial score (nSPS) is 18.1. The van der Waals surface area contributed by atoms with Gasteiger partial charge >= 0.3 is 0 Å². The molecule has 0 aromatic carbocycles. The summed E-state index contributed by atoms with van der Waals surface area (Å²) < 4.78 is 28.8. The van der Waals surface area contributed by atoms with E-state index in [0.29, 0.717) is 25.6 Å². The smallest absolute Gasteiger partial charge is 0.279 e. The number of hydrogen-bond donors (Lipinski definition) is 2. The maximum atomic E-state index is 12.3. The van der Waals surface area contributed by atoms with Gasteiger partial charge in [0.25, 0.3) is 10.2 Å². The fraction of sp³-hybridized carbons (Fsp3) is 0.714. The summed E-state index contributed by atoms with van der Waals surface area (Å²) in [5.41, 5.74) is 0. The van der Waals surface area contributed by atoms with Crippen LogP contribution in [0, 0.1) is 5.92 Å². The number of rotatable bonds is 8. The zero-order valence-electron chi connectivity index (χ0n) is 12.5. The van der Waals surface area contributed by atoms with Gasteiger partial charge in [-0.3, -0.25) is 0 Å². The fourth-order valence-corrected chi connectivity index (χ4v) is 4.45. The molecule has 0 unspecified atom stereocenters. The van der Waals surface area contributed by atoms with Gasteiger partial charge in [0.1, 0.15) is 0 Å². The lowest BCUT2D eigenvalue weighted by atomic mass is 9.98. The van der Waals surface area contributed by atoms with Crippen LogP contribution in [0.5, 0.6) is 0 Å². The van der Waals surface area contributed by atoms with Gasteiger partial charge in [-0.1, -0.05) is 13.0 Å². The Morgan fingerprint density at radius 3 is 2.76 bits per heavy atom. The molecule has 7 heteroatoms. The molecular weight excluding hydrogens is 306 g/mol. The topological polar surface area (TPSA) is 61.4 Å². The van der Waals surface area contributed by atoms with Gasteiger partial charge in [-0.25, -0.2) is 0 Å². The van der Waals surface area contributed by atoms with Crippen LogP contribution in [0.3, 0.4) is 0 Å². The molecule has 1 aromatic rings. The first kappa shape index (κ1) is 16.9. The van der Waals surface area contributed by atoms with Crippen LogP contribution < -0.4 is 10.0 Å². The number of piperidine rings is 1. The fourth-order valence-electron chi connectivity index (χ4n) is 2.50. The highest BCUT2D eigenvalue weighted by molar-refractivity contribution is 7.87. The van der Waals surface area contributed by atoms with Gasteiger partial charge < -0.3 is 5.32 Å². The molecule has 0 saturated carbocycles. The monoisotopic (exact) mass is 331 g/mol. The van der Waals surface area contributed by atoms with Gasteiger partial charge in [0.2, 0.25) is 0 Å². The van der Waals surface area contributed by atoms with E-state index in [2.05, 4.69) is 17.0 Å². The summed E-state index contributed by atoms with van der Waals surface area (Å²) in [6, 6.07) is 3.88. The quantitative estimate of drug-likeness (QED) is 0.714. The van der Waals surface area contributed by atoms with Gasteiger partial charge in [0.05, 0.1) is 0 Å². The summed E-state index contributed by atoms with van der Waals surface area (Å²) in [6.45, 7) is 5.83. The van der Waals surface area contributed by atoms with Gasteiger partial charge in [-0.2, -0.15) is 17.4 Å². The van der Waals surface area contributed by atoms with Crippen molar-refractivity contribution < 1.29 is 8.42 Å². The molecule has 1 aliphatic heterocycles. The Balaban J connectivity index is 1.75. The molecular formula is C14H25N3O2S2. The molecule has 1 aromatic heterocycles. The van der Waals surface area contributed by atoms with Crippen molar-refractivity contribution in [2.75, 3.05) is 26.2 Å². The number of nitrogens with one attached hydrogen (secondary N) is 2. The Labute approximate surface area is 131 Å². The predicted molar refractivity (Wildman–Crippen MR) is 87.5 cm³/mol. The van der Waals surface area contributed by atoms with E-state index in [1.807, 2.05) is 17.5 Å². The van der Waals surface area contributed by atoms with E-state index in [1.165, 1.54) is 0 Å². The van der Waals surface area contributed by atoms with Crippen molar-refractivity contribution in [3.8, 4) is 0 Å². The summed E-state index contributed by atoms with van der Waals surface area (Å²) in [6.07, 6.45) is 3.02. The van der Waals surface area contributed by atoms with Crippen molar-refractivity contribution in [3.63, 3.8) is 0 Å². The summed E-state index contributed by atoms with van der Waals surface area (Å²) in [4.78, 5) is 1.04. The molecule has 2 heterocycles. The third-order valence-electron chi connectivity index (χ3n) is 3.78. The Morgan fingerprint density at radius 2 is 2.14 bits per heavy atom. The highest BCUT2D eigenvalue weighted by Gasteiger charge is 2.27. The third kappa shape index (κ3) is 5.34. The Hall–Kier alpha value is -0.470. The standard InChI is InChI=1S/C14H25N3O2S2/c1-2-7-15-11-13-5-8-17(9-6-13)21(18,19)16-12-14-4-3-10-20-14/h3-4,10,13,15-16H,2,5-9,11-12H2,1H3. The van der Waals surface area contributed by atoms with Crippen LogP contribution >= 0.6 is 11.3 Å². The molecule has 120 valence electrons. The first-order valence-corrected chi connectivity index (χ1v) is 9.91. The largest absolute Gasteiger partial charge is 0.316 e. The maximum absolute atomic E-state index is 12.3. The lowest BCUT2D eigenvalue weighted by Crippen LogP contribution is -2.45. The van der Waals surface area contributed by atoms with Crippen molar-refractivity contribution in [2.45, 2.75) is 32.7 Å². The lowest BCUT2D eigenvalue weighted by Gasteiger charge is -2.31. The first-order valence-electron chi connectivity index (χ1n) is 7.59. The number of nitrogens with zero attached hydrogens (tertiary/aromatic N) is 1. The Morgan fingerprint density at radius 1 is 1.38 bits per heavy atom. The van der Waals surface area contributed by atoms with E-state index in [-0.39, 0.29) is 0 Å². The zero-order chi connectivity index (χ0) is 15.1. The van der Waals surface area contributed by atoms with Crippen LogP contribution in [0.25, 0.3) is 0 Å². The highest BCUT2D eigenvalue weighted by atomic mass is 32.2. The summed E-state index contributed by atoms with van der Waals surface area (Å²) in [5.74, 6) is 0.597. The summed E-state index contributed by atoms with van der Waals surface area (Å²) >= 11 is 1.57. The minimum atomic E-state index is -3.34. The molecule has 0 atom stereocenters. The molecule has 1 fully saturated rings. The van der Waals surface area contributed by atoms with Crippen LogP contribution in [0.4, 0.5) is 0 Å². The van der Waals surface area contributed by atoms with Crippen LogP contribution in [-0.2, 0) is 16.8 Å². The van der Waals surface area contributed by atoms with E-state index in [1.54, 1.807) is 15.6 Å². The van der Waals surface area contributed by atoms with Gasteiger partial charge in [-0.15, -0.1) is 11.3 Å². The van der Waals surface area contributed by atoms with Crippen LogP contribution in [0.15, 0.2) is 17.5 Å². The average Bonchev–Trinajstić information content (AvgIpc) is 3.00. The van der Waals surface area contributed by atoms with Crippen molar-refractivity contribution in [3.05, 3.63) is 22.4 Å².